The van der Waals surface area contributed by atoms with Gasteiger partial charge in [-0.1, -0.05) is 23.7 Å². The molecule has 0 aliphatic carbocycles. The van der Waals surface area contributed by atoms with E-state index in [-0.39, 0.29) is 35.2 Å². The van der Waals surface area contributed by atoms with Gasteiger partial charge in [0.05, 0.1) is 13.3 Å². The lowest BCUT2D eigenvalue weighted by molar-refractivity contribution is 0.0972. The zero-order valence-corrected chi connectivity index (χ0v) is 18.1. The number of halogens is 1. The van der Waals surface area contributed by atoms with Gasteiger partial charge in [-0.15, -0.1) is 0 Å². The van der Waals surface area contributed by atoms with Crippen LogP contribution in [0, 0.1) is 0 Å². The SMILES string of the molecule is CCOc1ccc(CCCCN=C(N)NC(=O)c2nc(Cl)c(N)nc2N)cc1.NCO. The Balaban J connectivity index is 0.00000151. The molecule has 1 amide bonds. The van der Waals surface area contributed by atoms with Crippen LogP contribution in [0.3, 0.4) is 0 Å². The van der Waals surface area contributed by atoms with Crippen LogP contribution in [-0.2, 0) is 6.42 Å². The van der Waals surface area contributed by atoms with Crippen molar-refractivity contribution < 1.29 is 14.6 Å². The molecule has 0 saturated heterocycles. The van der Waals surface area contributed by atoms with Gasteiger partial charge in [0, 0.05) is 6.54 Å². The molecule has 0 bridgehead atoms. The Bertz CT molecular complexity index is 862. The molecule has 10 N–H and O–H groups in total. The number of carbonyl (C=O) groups is 1. The van der Waals surface area contributed by atoms with Gasteiger partial charge in [0.25, 0.3) is 5.91 Å². The number of anilines is 2. The number of aryl methyl sites for hydroxylation is 1. The van der Waals surface area contributed by atoms with Crippen LogP contribution in [0.25, 0.3) is 0 Å². The minimum absolute atomic E-state index is 0.0276. The maximum absolute atomic E-state index is 12.1. The number of carbonyl (C=O) groups excluding carboxylic acids is 1. The van der Waals surface area contributed by atoms with Gasteiger partial charge in [0.1, 0.15) is 5.75 Å². The molecule has 0 atom stereocenters. The van der Waals surface area contributed by atoms with E-state index in [1.165, 1.54) is 5.56 Å². The average Bonchev–Trinajstić information content (AvgIpc) is 2.72. The Morgan fingerprint density at radius 3 is 2.45 bits per heavy atom. The Hall–Kier alpha value is -3.15. The predicted molar refractivity (Wildman–Crippen MR) is 122 cm³/mol. The topological polar surface area (TPSA) is 201 Å². The normalized spacial score (nSPS) is 10.8. The number of nitrogens with one attached hydrogen (secondary N) is 1. The van der Waals surface area contributed by atoms with E-state index in [0.29, 0.717) is 13.2 Å². The summed E-state index contributed by atoms with van der Waals surface area (Å²) in [4.78, 5) is 23.8. The highest BCUT2D eigenvalue weighted by molar-refractivity contribution is 6.31. The van der Waals surface area contributed by atoms with Gasteiger partial charge >= 0.3 is 0 Å². The maximum atomic E-state index is 12.1. The molecule has 0 radical (unpaired) electrons. The van der Waals surface area contributed by atoms with Gasteiger partial charge in [0.2, 0.25) is 0 Å². The van der Waals surface area contributed by atoms with Crippen LogP contribution >= 0.6 is 11.6 Å². The number of guanidine groups is 1. The number of benzene rings is 1. The zero-order chi connectivity index (χ0) is 23.2. The molecule has 11 nitrogen and oxygen atoms in total. The van der Waals surface area contributed by atoms with Crippen LogP contribution in [0.5, 0.6) is 5.75 Å². The van der Waals surface area contributed by atoms with E-state index in [9.17, 15) is 4.79 Å². The lowest BCUT2D eigenvalue weighted by Crippen LogP contribution is -2.38. The van der Waals surface area contributed by atoms with E-state index in [0.717, 1.165) is 25.0 Å². The monoisotopic (exact) mass is 452 g/mol. The molecule has 1 heterocycles. The minimum Gasteiger partial charge on any atom is -0.494 e. The summed E-state index contributed by atoms with van der Waals surface area (Å²) >= 11 is 5.76. The fraction of sp³-hybridized carbons (Fsp3) is 0.368. The van der Waals surface area contributed by atoms with E-state index >= 15 is 0 Å². The highest BCUT2D eigenvalue weighted by Crippen LogP contribution is 2.17. The van der Waals surface area contributed by atoms with E-state index in [1.807, 2.05) is 31.2 Å². The molecule has 0 aliphatic heterocycles. The average molecular weight is 453 g/mol. The summed E-state index contributed by atoms with van der Waals surface area (Å²) < 4.78 is 5.42. The number of nitrogen functional groups attached to an aromatic ring is 2. The Labute approximate surface area is 185 Å². The van der Waals surface area contributed by atoms with Gasteiger partial charge in [0.15, 0.2) is 28.4 Å². The Kier molecular flexibility index (Phi) is 11.7. The van der Waals surface area contributed by atoms with Crippen LogP contribution in [0.15, 0.2) is 29.3 Å². The van der Waals surface area contributed by atoms with Gasteiger partial charge < -0.3 is 32.8 Å². The molecule has 0 aliphatic rings. The second-order valence-electron chi connectivity index (χ2n) is 6.07. The standard InChI is InChI=1S/C18H24ClN7O2.CH5NO/c1-2-28-12-8-6-11(7-9-12)5-3-4-10-23-18(22)26-17(27)13-15(20)25-16(21)14(19)24-13;2-1-3/h6-9H,2-5,10H2,1H3,(H4,20,21,25)(H3,22,23,26,27);3H,1-2H2. The quantitative estimate of drug-likeness (QED) is 0.144. The fourth-order valence-electron chi connectivity index (χ4n) is 2.38. The third-order valence-corrected chi connectivity index (χ3v) is 4.03. The van der Waals surface area contributed by atoms with E-state index in [1.54, 1.807) is 0 Å². The fourth-order valence-corrected chi connectivity index (χ4v) is 2.51. The second kappa shape index (κ2) is 14.0. The number of unbranched alkanes of at least 4 members (excludes halogenated alkanes) is 1. The van der Waals surface area contributed by atoms with Crippen LogP contribution in [0.1, 0.15) is 35.8 Å². The first kappa shape index (κ1) is 25.9. The summed E-state index contributed by atoms with van der Waals surface area (Å²) in [7, 11) is 0. The number of amides is 1. The molecule has 170 valence electrons. The van der Waals surface area contributed by atoms with Crippen molar-refractivity contribution >= 4 is 35.1 Å². The van der Waals surface area contributed by atoms with Crippen molar-refractivity contribution in [3.8, 4) is 5.75 Å². The number of aliphatic imine (C=N–C) groups is 1. The molecule has 31 heavy (non-hydrogen) atoms. The number of hydrogen-bond acceptors (Lipinski definition) is 9. The molecular weight excluding hydrogens is 424 g/mol. The molecule has 2 aromatic rings. The Morgan fingerprint density at radius 2 is 1.84 bits per heavy atom. The van der Waals surface area contributed by atoms with Gasteiger partial charge in [-0.25, -0.2) is 9.97 Å². The minimum atomic E-state index is -0.650. The van der Waals surface area contributed by atoms with E-state index in [2.05, 4.69) is 26.0 Å². The van der Waals surface area contributed by atoms with Crippen LogP contribution < -0.4 is 33.0 Å². The third kappa shape index (κ3) is 9.47. The number of ether oxygens (including phenoxy) is 1. The first-order valence-corrected chi connectivity index (χ1v) is 9.92. The molecular formula is C19H29ClN8O3. The van der Waals surface area contributed by atoms with Gasteiger partial charge in [-0.2, -0.15) is 0 Å². The number of aromatic nitrogens is 2. The second-order valence-corrected chi connectivity index (χ2v) is 6.43. The molecule has 0 spiro atoms. The summed E-state index contributed by atoms with van der Waals surface area (Å²) in [5.74, 6) is 0.00211. The zero-order valence-electron chi connectivity index (χ0n) is 17.3. The van der Waals surface area contributed by atoms with Crippen molar-refractivity contribution in [1.82, 2.24) is 15.3 Å². The van der Waals surface area contributed by atoms with Crippen LogP contribution in [0.4, 0.5) is 11.6 Å². The summed E-state index contributed by atoms with van der Waals surface area (Å²) in [6.07, 6.45) is 2.67. The molecule has 1 aromatic carbocycles. The number of rotatable bonds is 8. The van der Waals surface area contributed by atoms with Crippen molar-refractivity contribution in [2.75, 3.05) is 31.3 Å². The molecule has 2 rings (SSSR count). The highest BCUT2D eigenvalue weighted by atomic mass is 35.5. The third-order valence-electron chi connectivity index (χ3n) is 3.75. The number of nitrogens with zero attached hydrogens (tertiary/aromatic N) is 3. The first-order valence-electron chi connectivity index (χ1n) is 9.54. The molecule has 0 unspecified atom stereocenters. The highest BCUT2D eigenvalue weighted by Gasteiger charge is 2.16. The van der Waals surface area contributed by atoms with E-state index in [4.69, 9.17) is 38.6 Å². The van der Waals surface area contributed by atoms with Crippen LogP contribution in [0.2, 0.25) is 5.15 Å². The smallest absolute Gasteiger partial charge is 0.280 e. The molecule has 0 saturated carbocycles. The van der Waals surface area contributed by atoms with E-state index < -0.39 is 5.91 Å². The molecule has 1 aromatic heterocycles. The molecule has 12 heteroatoms. The lowest BCUT2D eigenvalue weighted by atomic mass is 10.1. The largest absolute Gasteiger partial charge is 0.494 e. The van der Waals surface area contributed by atoms with Crippen molar-refractivity contribution in [1.29, 1.82) is 0 Å². The number of aliphatic hydroxyl groups excluding tert-OH is 1. The summed E-state index contributed by atoms with van der Waals surface area (Å²) in [5.41, 5.74) is 22.3. The summed E-state index contributed by atoms with van der Waals surface area (Å²) in [6.45, 7) is 2.84. The van der Waals surface area contributed by atoms with Crippen molar-refractivity contribution in [3.05, 3.63) is 40.7 Å². The van der Waals surface area contributed by atoms with Crippen LogP contribution in [-0.4, -0.2) is 46.8 Å². The number of nitrogens with two attached hydrogens (primary N) is 4. The van der Waals surface area contributed by atoms with Crippen molar-refractivity contribution in [2.45, 2.75) is 26.2 Å². The Morgan fingerprint density at radius 1 is 1.19 bits per heavy atom. The van der Waals surface area contributed by atoms with Gasteiger partial charge in [-0.05, 0) is 43.9 Å². The first-order chi connectivity index (χ1) is 14.8. The van der Waals surface area contributed by atoms with Crippen molar-refractivity contribution in [2.24, 2.45) is 16.5 Å². The number of aliphatic hydroxyl groups is 1. The lowest BCUT2D eigenvalue weighted by Gasteiger charge is -2.07. The maximum Gasteiger partial charge on any atom is 0.280 e. The predicted octanol–water partition coefficient (Wildman–Crippen LogP) is 0.655. The summed E-state index contributed by atoms with van der Waals surface area (Å²) in [5, 5.41) is 9.64. The van der Waals surface area contributed by atoms with Crippen molar-refractivity contribution in [3.63, 3.8) is 0 Å². The van der Waals surface area contributed by atoms with Gasteiger partial charge in [-0.3, -0.25) is 15.1 Å². The molecule has 0 fully saturated rings. The number of hydrogen-bond donors (Lipinski definition) is 6. The summed E-state index contributed by atoms with van der Waals surface area (Å²) in [6, 6.07) is 8.02.